The summed E-state index contributed by atoms with van der Waals surface area (Å²) in [6.07, 6.45) is 2.74. The topological polar surface area (TPSA) is 106 Å². The second kappa shape index (κ2) is 11.2. The average molecular weight is 442 g/mol. The van der Waals surface area contributed by atoms with Gasteiger partial charge in [-0.3, -0.25) is 14.1 Å². The van der Waals surface area contributed by atoms with Gasteiger partial charge in [-0.25, -0.2) is 13.6 Å². The number of hydrogen-bond acceptors (Lipinski definition) is 9. The number of esters is 2. The van der Waals surface area contributed by atoms with E-state index in [9.17, 15) is 14.2 Å². The van der Waals surface area contributed by atoms with Crippen molar-refractivity contribution < 1.29 is 37.2 Å². The molecule has 0 spiro atoms. The molecule has 2 rings (SSSR count). The Morgan fingerprint density at radius 3 is 2.17 bits per heavy atom. The second-order valence-electron chi connectivity index (χ2n) is 6.67. The standard InChI is InChI=1S/C19H27N2O8P/c1-15(22)25-13-28-30(24,29-14-26-16(2)23)27-12-21-11-17(9-10-20(3)4)18-7-5-6-8-19(18)21/h5-8,11H,9-10,12-14H2,1-4H3. The number of benzene rings is 1. The summed E-state index contributed by atoms with van der Waals surface area (Å²) in [5.74, 6) is -1.24. The van der Waals surface area contributed by atoms with Crippen LogP contribution in [0, 0.1) is 0 Å². The van der Waals surface area contributed by atoms with Crippen LogP contribution in [0.3, 0.4) is 0 Å². The number of carbonyl (C=O) groups is 2. The molecule has 0 aliphatic carbocycles. The minimum Gasteiger partial charge on any atom is -0.438 e. The molecule has 0 radical (unpaired) electrons. The van der Waals surface area contributed by atoms with Crippen molar-refractivity contribution in [1.82, 2.24) is 9.47 Å². The maximum Gasteiger partial charge on any atom is 0.482 e. The van der Waals surface area contributed by atoms with Crippen molar-refractivity contribution in [3.63, 3.8) is 0 Å². The molecule has 166 valence electrons. The van der Waals surface area contributed by atoms with Gasteiger partial charge >= 0.3 is 19.8 Å². The van der Waals surface area contributed by atoms with Gasteiger partial charge in [-0.05, 0) is 32.1 Å². The van der Waals surface area contributed by atoms with Crippen molar-refractivity contribution in [3.05, 3.63) is 36.0 Å². The van der Waals surface area contributed by atoms with E-state index in [0.29, 0.717) is 0 Å². The Labute approximate surface area is 175 Å². The molecule has 1 aromatic heterocycles. The lowest BCUT2D eigenvalue weighted by Gasteiger charge is -2.18. The van der Waals surface area contributed by atoms with Crippen LogP contribution in [0.15, 0.2) is 30.5 Å². The molecule has 0 saturated carbocycles. The fourth-order valence-corrected chi connectivity index (χ4v) is 3.42. The SMILES string of the molecule is CC(=O)OCOP(=O)(OCOC(C)=O)OCn1cc(CCN(C)C)c2ccccc21. The summed E-state index contributed by atoms with van der Waals surface area (Å²) in [4.78, 5) is 23.9. The number of nitrogens with zero attached hydrogens (tertiary/aromatic N) is 2. The average Bonchev–Trinajstić information content (AvgIpc) is 3.02. The van der Waals surface area contributed by atoms with Crippen molar-refractivity contribution in [3.8, 4) is 0 Å². The minimum atomic E-state index is -4.18. The third kappa shape index (κ3) is 7.55. The van der Waals surface area contributed by atoms with Crippen LogP contribution in [0.5, 0.6) is 0 Å². The molecule has 1 heterocycles. The molecule has 0 aliphatic heterocycles. The molecule has 0 aliphatic rings. The van der Waals surface area contributed by atoms with Gasteiger partial charge in [-0.15, -0.1) is 0 Å². The summed E-state index contributed by atoms with van der Waals surface area (Å²) in [6.45, 7) is 1.80. The first-order chi connectivity index (χ1) is 14.2. The van der Waals surface area contributed by atoms with Gasteiger partial charge in [-0.1, -0.05) is 18.2 Å². The number of fused-ring (bicyclic) bond motifs is 1. The largest absolute Gasteiger partial charge is 0.482 e. The monoisotopic (exact) mass is 442 g/mol. The van der Waals surface area contributed by atoms with Crippen LogP contribution in [-0.2, 0) is 50.4 Å². The fourth-order valence-electron chi connectivity index (χ4n) is 2.57. The quantitative estimate of drug-likeness (QED) is 0.279. The van der Waals surface area contributed by atoms with E-state index in [1.807, 2.05) is 44.6 Å². The van der Waals surface area contributed by atoms with Crippen molar-refractivity contribution >= 4 is 30.7 Å². The number of rotatable bonds is 12. The number of likely N-dealkylation sites (N-methyl/N-ethyl adjacent to an activating group) is 1. The maximum atomic E-state index is 12.8. The van der Waals surface area contributed by atoms with Crippen LogP contribution in [0.25, 0.3) is 10.9 Å². The molecule has 0 atom stereocenters. The summed E-state index contributed by atoms with van der Waals surface area (Å²) < 4.78 is 39.3. The van der Waals surface area contributed by atoms with Crippen LogP contribution in [0.2, 0.25) is 0 Å². The van der Waals surface area contributed by atoms with Crippen LogP contribution in [-0.4, -0.2) is 55.6 Å². The lowest BCUT2D eigenvalue weighted by Crippen LogP contribution is -2.14. The first-order valence-corrected chi connectivity index (χ1v) is 10.7. The molecule has 0 saturated heterocycles. The van der Waals surface area contributed by atoms with E-state index in [2.05, 4.69) is 14.4 Å². The van der Waals surface area contributed by atoms with Crippen LogP contribution in [0.1, 0.15) is 19.4 Å². The third-order valence-corrected chi connectivity index (χ3v) is 5.28. The number of phosphoric ester groups is 1. The van der Waals surface area contributed by atoms with Crippen LogP contribution >= 0.6 is 7.82 Å². The summed E-state index contributed by atoms with van der Waals surface area (Å²) in [5.41, 5.74) is 2.00. The predicted molar refractivity (Wildman–Crippen MR) is 108 cm³/mol. The van der Waals surface area contributed by atoms with E-state index >= 15 is 0 Å². The van der Waals surface area contributed by atoms with Gasteiger partial charge in [0, 0.05) is 32.0 Å². The van der Waals surface area contributed by atoms with Gasteiger partial charge in [0.25, 0.3) is 0 Å². The summed E-state index contributed by atoms with van der Waals surface area (Å²) in [7, 11) is -0.182. The van der Waals surface area contributed by atoms with E-state index in [1.54, 1.807) is 4.57 Å². The van der Waals surface area contributed by atoms with Crippen molar-refractivity contribution in [2.75, 3.05) is 34.2 Å². The van der Waals surface area contributed by atoms with E-state index in [-0.39, 0.29) is 6.73 Å². The molecule has 30 heavy (non-hydrogen) atoms. The Hall–Kier alpha value is -2.23. The van der Waals surface area contributed by atoms with Crippen LogP contribution in [0.4, 0.5) is 0 Å². The van der Waals surface area contributed by atoms with Gasteiger partial charge in [0.05, 0.1) is 5.52 Å². The lowest BCUT2D eigenvalue weighted by molar-refractivity contribution is -0.151. The number of para-hydroxylation sites is 1. The first-order valence-electron chi connectivity index (χ1n) is 9.22. The van der Waals surface area contributed by atoms with Crippen molar-refractivity contribution in [2.24, 2.45) is 0 Å². The predicted octanol–water partition coefficient (Wildman–Crippen LogP) is 2.90. The summed E-state index contributed by atoms with van der Waals surface area (Å²) in [6, 6.07) is 7.76. The Kier molecular flexibility index (Phi) is 9.01. The number of ether oxygens (including phenoxy) is 2. The molecule has 1 aromatic carbocycles. The highest BCUT2D eigenvalue weighted by Gasteiger charge is 2.28. The Morgan fingerprint density at radius 1 is 1.00 bits per heavy atom. The molecule has 0 unspecified atom stereocenters. The molecular weight excluding hydrogens is 415 g/mol. The zero-order chi connectivity index (χ0) is 22.1. The van der Waals surface area contributed by atoms with Crippen molar-refractivity contribution in [1.29, 1.82) is 0 Å². The van der Waals surface area contributed by atoms with Crippen LogP contribution < -0.4 is 0 Å². The first kappa shape index (κ1) is 24.0. The van der Waals surface area contributed by atoms with E-state index in [4.69, 9.17) is 13.6 Å². The fraction of sp³-hybridized carbons (Fsp3) is 0.474. The Bertz CT molecular complexity index is 887. The molecule has 0 bridgehead atoms. The number of hydrogen-bond donors (Lipinski definition) is 0. The molecular formula is C19H27N2O8P. The molecule has 0 fully saturated rings. The van der Waals surface area contributed by atoms with Gasteiger partial charge in [0.15, 0.2) is 0 Å². The lowest BCUT2D eigenvalue weighted by atomic mass is 10.1. The summed E-state index contributed by atoms with van der Waals surface area (Å²) in [5, 5.41) is 1.06. The summed E-state index contributed by atoms with van der Waals surface area (Å²) >= 11 is 0. The van der Waals surface area contributed by atoms with E-state index in [1.165, 1.54) is 13.8 Å². The van der Waals surface area contributed by atoms with E-state index in [0.717, 1.165) is 29.4 Å². The molecule has 10 nitrogen and oxygen atoms in total. The maximum absolute atomic E-state index is 12.8. The zero-order valence-electron chi connectivity index (χ0n) is 17.5. The van der Waals surface area contributed by atoms with Gasteiger partial charge < -0.3 is 18.9 Å². The highest BCUT2D eigenvalue weighted by molar-refractivity contribution is 7.48. The Balaban J connectivity index is 2.14. The third-order valence-electron chi connectivity index (χ3n) is 4.00. The number of phosphoric acid groups is 1. The molecule has 0 N–H and O–H groups in total. The molecule has 0 amide bonds. The minimum absolute atomic E-state index is 0.153. The second-order valence-corrected chi connectivity index (χ2v) is 8.33. The normalized spacial score (nSPS) is 11.8. The number of carbonyl (C=O) groups excluding carboxylic acids is 2. The molecule has 11 heteroatoms. The molecule has 2 aromatic rings. The van der Waals surface area contributed by atoms with E-state index < -0.39 is 33.3 Å². The smallest absolute Gasteiger partial charge is 0.438 e. The zero-order valence-corrected chi connectivity index (χ0v) is 18.4. The highest BCUT2D eigenvalue weighted by atomic mass is 31.2. The van der Waals surface area contributed by atoms with Crippen molar-refractivity contribution in [2.45, 2.75) is 27.0 Å². The van der Waals surface area contributed by atoms with Gasteiger partial charge in [-0.2, -0.15) is 0 Å². The van der Waals surface area contributed by atoms with Gasteiger partial charge in [0.1, 0.15) is 6.73 Å². The Morgan fingerprint density at radius 2 is 1.60 bits per heavy atom. The highest BCUT2D eigenvalue weighted by Crippen LogP contribution is 2.50. The number of aromatic nitrogens is 1. The van der Waals surface area contributed by atoms with Gasteiger partial charge in [0.2, 0.25) is 13.6 Å².